The van der Waals surface area contributed by atoms with Gasteiger partial charge in [0.25, 0.3) is 0 Å². The Morgan fingerprint density at radius 2 is 2.35 bits per heavy atom. The standard InChI is InChI=1S/C13H19N5S2/c1-3-9-6-10-11(18(2)8-4-5-19-7-8)15-13(17-14)16-12(10)20-9/h6,8H,3-5,7,14H2,1-2H3,(H,15,16,17). The van der Waals surface area contributed by atoms with Gasteiger partial charge in [-0.2, -0.15) is 16.7 Å². The average Bonchev–Trinajstić information content (AvgIpc) is 3.13. The molecule has 1 aliphatic rings. The molecule has 0 bridgehead atoms. The Morgan fingerprint density at radius 3 is 3.00 bits per heavy atom. The maximum absolute atomic E-state index is 5.51. The van der Waals surface area contributed by atoms with E-state index in [2.05, 4.69) is 40.3 Å². The van der Waals surface area contributed by atoms with Crippen LogP contribution in [0.4, 0.5) is 11.8 Å². The lowest BCUT2D eigenvalue weighted by molar-refractivity contribution is 0.694. The molecule has 1 unspecified atom stereocenters. The van der Waals surface area contributed by atoms with Gasteiger partial charge in [0.2, 0.25) is 5.95 Å². The van der Waals surface area contributed by atoms with Crippen molar-refractivity contribution in [2.75, 3.05) is 28.9 Å². The molecule has 2 aromatic heterocycles. The van der Waals surface area contributed by atoms with Gasteiger partial charge in [-0.25, -0.2) is 10.8 Å². The average molecular weight is 309 g/mol. The van der Waals surface area contributed by atoms with Gasteiger partial charge in [0.15, 0.2) is 0 Å². The lowest BCUT2D eigenvalue weighted by Gasteiger charge is -2.25. The predicted molar refractivity (Wildman–Crippen MR) is 88.7 cm³/mol. The van der Waals surface area contributed by atoms with Crippen LogP contribution in [0.5, 0.6) is 0 Å². The lowest BCUT2D eigenvalue weighted by Crippen LogP contribution is -2.32. The molecule has 0 amide bonds. The SMILES string of the molecule is CCc1cc2c(N(C)C3CCSC3)nc(NN)nc2s1. The third-order valence-electron chi connectivity index (χ3n) is 3.69. The molecule has 0 spiro atoms. The summed E-state index contributed by atoms with van der Waals surface area (Å²) in [5, 5.41) is 1.14. The first kappa shape index (κ1) is 13.9. The molecule has 3 rings (SSSR count). The Bertz CT molecular complexity index is 606. The van der Waals surface area contributed by atoms with E-state index >= 15 is 0 Å². The number of nitrogens with zero attached hydrogens (tertiary/aromatic N) is 3. The molecule has 108 valence electrons. The summed E-state index contributed by atoms with van der Waals surface area (Å²) in [4.78, 5) is 13.7. The third kappa shape index (κ3) is 2.45. The Balaban J connectivity index is 2.08. The van der Waals surface area contributed by atoms with Gasteiger partial charge < -0.3 is 4.90 Å². The molecule has 0 saturated carbocycles. The topological polar surface area (TPSA) is 67.1 Å². The van der Waals surface area contributed by atoms with E-state index in [9.17, 15) is 0 Å². The summed E-state index contributed by atoms with van der Waals surface area (Å²) in [5.74, 6) is 9.39. The van der Waals surface area contributed by atoms with Gasteiger partial charge in [-0.1, -0.05) is 6.92 Å². The summed E-state index contributed by atoms with van der Waals surface area (Å²) in [6, 6.07) is 2.77. The molecule has 2 aromatic rings. The molecular weight excluding hydrogens is 290 g/mol. The van der Waals surface area contributed by atoms with E-state index in [0.29, 0.717) is 12.0 Å². The van der Waals surface area contributed by atoms with Crippen LogP contribution < -0.4 is 16.2 Å². The number of rotatable bonds is 4. The molecule has 0 aliphatic carbocycles. The van der Waals surface area contributed by atoms with Crippen LogP contribution in [-0.2, 0) is 6.42 Å². The lowest BCUT2D eigenvalue weighted by atomic mass is 10.2. The molecule has 20 heavy (non-hydrogen) atoms. The number of fused-ring (bicyclic) bond motifs is 1. The first-order valence-electron chi connectivity index (χ1n) is 6.80. The second kappa shape index (κ2) is 5.75. The Morgan fingerprint density at radius 1 is 1.50 bits per heavy atom. The zero-order valence-electron chi connectivity index (χ0n) is 11.7. The van der Waals surface area contributed by atoms with Crippen LogP contribution in [0.3, 0.4) is 0 Å². The van der Waals surface area contributed by atoms with Gasteiger partial charge in [-0.05, 0) is 24.7 Å². The summed E-state index contributed by atoms with van der Waals surface area (Å²) in [6.07, 6.45) is 2.23. The second-order valence-corrected chi connectivity index (χ2v) is 7.19. The van der Waals surface area contributed by atoms with E-state index in [0.717, 1.165) is 28.2 Å². The summed E-state index contributed by atoms with van der Waals surface area (Å²) < 4.78 is 0. The summed E-state index contributed by atoms with van der Waals surface area (Å²) >= 11 is 3.73. The minimum Gasteiger partial charge on any atom is -0.355 e. The van der Waals surface area contributed by atoms with Gasteiger partial charge in [-0.15, -0.1) is 11.3 Å². The molecule has 3 heterocycles. The highest BCUT2D eigenvalue weighted by molar-refractivity contribution is 7.99. The van der Waals surface area contributed by atoms with Crippen molar-refractivity contribution in [3.8, 4) is 0 Å². The van der Waals surface area contributed by atoms with Gasteiger partial charge in [0.1, 0.15) is 10.6 Å². The van der Waals surface area contributed by atoms with E-state index in [-0.39, 0.29) is 0 Å². The first-order chi connectivity index (χ1) is 9.72. The highest BCUT2D eigenvalue weighted by Crippen LogP contribution is 2.34. The number of nitrogens with one attached hydrogen (secondary N) is 1. The Hall–Kier alpha value is -1.05. The zero-order chi connectivity index (χ0) is 14.1. The normalized spacial score (nSPS) is 18.6. The van der Waals surface area contributed by atoms with Crippen molar-refractivity contribution in [1.82, 2.24) is 9.97 Å². The Labute approximate surface area is 126 Å². The minimum absolute atomic E-state index is 0.495. The molecule has 3 N–H and O–H groups in total. The van der Waals surface area contributed by atoms with Crippen molar-refractivity contribution in [2.45, 2.75) is 25.8 Å². The zero-order valence-corrected chi connectivity index (χ0v) is 13.4. The molecule has 0 aromatic carbocycles. The van der Waals surface area contributed by atoms with Crippen LogP contribution >= 0.6 is 23.1 Å². The molecule has 1 fully saturated rings. The van der Waals surface area contributed by atoms with Crippen molar-refractivity contribution in [3.63, 3.8) is 0 Å². The molecular formula is C13H19N5S2. The fourth-order valence-electron chi connectivity index (χ4n) is 2.46. The van der Waals surface area contributed by atoms with Crippen LogP contribution in [-0.4, -0.2) is 34.6 Å². The van der Waals surface area contributed by atoms with Gasteiger partial charge in [0, 0.05) is 23.7 Å². The van der Waals surface area contributed by atoms with Crippen molar-refractivity contribution in [1.29, 1.82) is 0 Å². The minimum atomic E-state index is 0.495. The number of hydrazine groups is 1. The van der Waals surface area contributed by atoms with Crippen LogP contribution in [0.2, 0.25) is 0 Å². The third-order valence-corrected chi connectivity index (χ3v) is 6.01. The van der Waals surface area contributed by atoms with E-state index in [4.69, 9.17) is 5.84 Å². The molecule has 7 heteroatoms. The summed E-state index contributed by atoms with van der Waals surface area (Å²) in [7, 11) is 2.13. The molecule has 1 atom stereocenters. The number of thioether (sulfide) groups is 1. The van der Waals surface area contributed by atoms with Crippen LogP contribution in [0, 0.1) is 0 Å². The van der Waals surface area contributed by atoms with Crippen LogP contribution in [0.15, 0.2) is 6.07 Å². The Kier molecular flexibility index (Phi) is 4.00. The predicted octanol–water partition coefficient (Wildman–Crippen LogP) is 2.48. The quantitative estimate of drug-likeness (QED) is 0.668. The number of hydrogen-bond acceptors (Lipinski definition) is 7. The monoisotopic (exact) mass is 309 g/mol. The number of anilines is 2. The molecule has 1 aliphatic heterocycles. The first-order valence-corrected chi connectivity index (χ1v) is 8.77. The summed E-state index contributed by atoms with van der Waals surface area (Å²) in [6.45, 7) is 2.16. The van der Waals surface area contributed by atoms with E-state index in [1.165, 1.54) is 17.1 Å². The highest BCUT2D eigenvalue weighted by atomic mass is 32.2. The number of nitrogens with two attached hydrogens (primary N) is 1. The number of thiophene rings is 1. The smallest absolute Gasteiger partial charge is 0.240 e. The number of aromatic nitrogens is 2. The van der Waals surface area contributed by atoms with Gasteiger partial charge in [0.05, 0.1) is 5.39 Å². The number of aryl methyl sites for hydroxylation is 1. The van der Waals surface area contributed by atoms with E-state index in [1.807, 2.05) is 11.8 Å². The molecule has 0 radical (unpaired) electrons. The van der Waals surface area contributed by atoms with Crippen LogP contribution in [0.25, 0.3) is 10.2 Å². The van der Waals surface area contributed by atoms with Crippen LogP contribution in [0.1, 0.15) is 18.2 Å². The number of nitrogen functional groups attached to an aromatic ring is 1. The van der Waals surface area contributed by atoms with Crippen molar-refractivity contribution >= 4 is 45.1 Å². The highest BCUT2D eigenvalue weighted by Gasteiger charge is 2.24. The fourth-order valence-corrected chi connectivity index (χ4v) is 4.69. The molecule has 5 nitrogen and oxygen atoms in total. The maximum atomic E-state index is 5.51. The van der Waals surface area contributed by atoms with Gasteiger partial charge >= 0.3 is 0 Å². The summed E-state index contributed by atoms with van der Waals surface area (Å²) in [5.41, 5.74) is 2.58. The number of hydrogen-bond donors (Lipinski definition) is 2. The van der Waals surface area contributed by atoms with Crippen molar-refractivity contribution in [2.24, 2.45) is 5.84 Å². The van der Waals surface area contributed by atoms with E-state index < -0.39 is 0 Å². The van der Waals surface area contributed by atoms with Gasteiger partial charge in [-0.3, -0.25) is 5.43 Å². The largest absolute Gasteiger partial charge is 0.355 e. The van der Waals surface area contributed by atoms with Crippen molar-refractivity contribution in [3.05, 3.63) is 10.9 Å². The second-order valence-electron chi connectivity index (χ2n) is 4.93. The fraction of sp³-hybridized carbons (Fsp3) is 0.538. The van der Waals surface area contributed by atoms with Crippen molar-refractivity contribution < 1.29 is 0 Å². The molecule has 1 saturated heterocycles. The maximum Gasteiger partial charge on any atom is 0.240 e. The van der Waals surface area contributed by atoms with E-state index in [1.54, 1.807) is 11.3 Å².